The van der Waals surface area contributed by atoms with Crippen LogP contribution in [0.3, 0.4) is 0 Å². The molecular weight excluding hydrogens is 370 g/mol. The Morgan fingerprint density at radius 1 is 1.24 bits per heavy atom. The van der Waals surface area contributed by atoms with Gasteiger partial charge in [-0.05, 0) is 42.2 Å². The summed E-state index contributed by atoms with van der Waals surface area (Å²) in [6.07, 6.45) is 6.05. The molecule has 1 aliphatic carbocycles. The van der Waals surface area contributed by atoms with Crippen LogP contribution in [0.1, 0.15) is 33.5 Å². The molecule has 1 aliphatic rings. The number of carbonyl (C=O) groups excluding carboxylic acids is 1. The van der Waals surface area contributed by atoms with Crippen LogP contribution in [-0.4, -0.2) is 27.6 Å². The largest absolute Gasteiger partial charge is 0.496 e. The maximum absolute atomic E-state index is 12.8. The Balaban J connectivity index is 1.63. The molecule has 3 aromatic rings. The van der Waals surface area contributed by atoms with Gasteiger partial charge in [-0.3, -0.25) is 19.6 Å². The van der Waals surface area contributed by atoms with Crippen molar-refractivity contribution in [3.63, 3.8) is 0 Å². The van der Waals surface area contributed by atoms with Gasteiger partial charge in [-0.15, -0.1) is 0 Å². The molecule has 0 aliphatic heterocycles. The van der Waals surface area contributed by atoms with Gasteiger partial charge in [0, 0.05) is 16.7 Å². The molecule has 29 heavy (non-hydrogen) atoms. The Morgan fingerprint density at radius 2 is 2.07 bits per heavy atom. The molecule has 146 valence electrons. The third-order valence-corrected chi connectivity index (χ3v) is 5.03. The van der Waals surface area contributed by atoms with Crippen LogP contribution in [0.2, 0.25) is 0 Å². The van der Waals surface area contributed by atoms with Gasteiger partial charge in [0.05, 0.1) is 18.6 Å². The molecule has 4 rings (SSSR count). The molecule has 0 saturated carbocycles. The summed E-state index contributed by atoms with van der Waals surface area (Å²) in [6, 6.07) is 13.4. The van der Waals surface area contributed by atoms with E-state index in [0.29, 0.717) is 18.7 Å². The maximum atomic E-state index is 12.8. The monoisotopic (exact) mass is 389 g/mol. The standard InChI is InChI=1S/C22H19N3O4/c1-29-21-9-6-15(11-18(21)13-24-14-19(12-23-24)25(27)28)10-17-8-7-16-4-2-3-5-20(16)22(17)26/h2-6,9-12,14H,7-8,13H2,1H3. The average molecular weight is 389 g/mol. The van der Waals surface area contributed by atoms with E-state index in [1.807, 2.05) is 48.5 Å². The number of methoxy groups -OCH3 is 1. The first-order valence-corrected chi connectivity index (χ1v) is 9.22. The fourth-order valence-corrected chi connectivity index (χ4v) is 3.57. The van der Waals surface area contributed by atoms with Crippen LogP contribution >= 0.6 is 0 Å². The molecule has 0 N–H and O–H groups in total. The second kappa shape index (κ2) is 7.71. The van der Waals surface area contributed by atoms with Crippen LogP contribution in [0.25, 0.3) is 6.08 Å². The number of rotatable bonds is 5. The number of carbonyl (C=O) groups is 1. The van der Waals surface area contributed by atoms with Gasteiger partial charge in [-0.1, -0.05) is 30.3 Å². The molecule has 7 nitrogen and oxygen atoms in total. The van der Waals surface area contributed by atoms with Crippen molar-refractivity contribution in [2.24, 2.45) is 0 Å². The Morgan fingerprint density at radius 3 is 2.83 bits per heavy atom. The van der Waals surface area contributed by atoms with Gasteiger partial charge in [0.2, 0.25) is 0 Å². The summed E-state index contributed by atoms with van der Waals surface area (Å²) in [6.45, 7) is 0.324. The number of aromatic nitrogens is 2. The number of allylic oxidation sites excluding steroid dienone is 1. The third kappa shape index (κ3) is 3.80. The van der Waals surface area contributed by atoms with Crippen molar-refractivity contribution in [1.82, 2.24) is 9.78 Å². The van der Waals surface area contributed by atoms with Crippen molar-refractivity contribution in [3.05, 3.63) is 92.8 Å². The molecule has 1 aromatic heterocycles. The number of fused-ring (bicyclic) bond motifs is 1. The summed E-state index contributed by atoms with van der Waals surface area (Å²) in [5.74, 6) is 0.720. The van der Waals surface area contributed by atoms with Crippen molar-refractivity contribution in [2.45, 2.75) is 19.4 Å². The van der Waals surface area contributed by atoms with Crippen LogP contribution in [0.4, 0.5) is 5.69 Å². The number of benzene rings is 2. The lowest BCUT2D eigenvalue weighted by Crippen LogP contribution is -2.13. The highest BCUT2D eigenvalue weighted by Gasteiger charge is 2.21. The predicted molar refractivity (Wildman–Crippen MR) is 108 cm³/mol. The lowest BCUT2D eigenvalue weighted by atomic mass is 9.86. The molecule has 7 heteroatoms. The van der Waals surface area contributed by atoms with E-state index in [0.717, 1.165) is 34.2 Å². The summed E-state index contributed by atoms with van der Waals surface area (Å²) in [5, 5.41) is 14.9. The molecule has 0 spiro atoms. The van der Waals surface area contributed by atoms with Crippen molar-refractivity contribution in [3.8, 4) is 5.75 Å². The van der Waals surface area contributed by atoms with Gasteiger partial charge in [0.15, 0.2) is 5.78 Å². The Labute approximate surface area is 167 Å². The van der Waals surface area contributed by atoms with Crippen molar-refractivity contribution < 1.29 is 14.5 Å². The first kappa shape index (κ1) is 18.6. The number of ketones is 1. The zero-order valence-electron chi connectivity index (χ0n) is 15.9. The number of aryl methyl sites for hydroxylation is 1. The van der Waals surface area contributed by atoms with Gasteiger partial charge >= 0.3 is 5.69 Å². The highest BCUT2D eigenvalue weighted by molar-refractivity contribution is 6.13. The summed E-state index contributed by atoms with van der Waals surface area (Å²) in [5.41, 5.74) is 4.27. The van der Waals surface area contributed by atoms with Crippen LogP contribution in [-0.2, 0) is 13.0 Å². The third-order valence-electron chi connectivity index (χ3n) is 5.03. The minimum atomic E-state index is -0.478. The van der Waals surface area contributed by atoms with Crippen LogP contribution in [0.5, 0.6) is 5.75 Å². The van der Waals surface area contributed by atoms with Crippen molar-refractivity contribution in [1.29, 1.82) is 0 Å². The van der Waals surface area contributed by atoms with Crippen molar-refractivity contribution >= 4 is 17.5 Å². The van der Waals surface area contributed by atoms with Gasteiger partial charge in [0.25, 0.3) is 0 Å². The van der Waals surface area contributed by atoms with Crippen LogP contribution < -0.4 is 4.74 Å². The lowest BCUT2D eigenvalue weighted by molar-refractivity contribution is -0.385. The second-order valence-corrected chi connectivity index (χ2v) is 6.88. The maximum Gasteiger partial charge on any atom is 0.307 e. The number of nitro groups is 1. The normalized spacial score (nSPS) is 14.7. The first-order valence-electron chi connectivity index (χ1n) is 9.22. The number of nitrogens with zero attached hydrogens (tertiary/aromatic N) is 3. The van der Waals surface area contributed by atoms with Crippen LogP contribution in [0, 0.1) is 10.1 Å². The van der Waals surface area contributed by atoms with E-state index in [2.05, 4.69) is 5.10 Å². The number of ether oxygens (including phenoxy) is 1. The van der Waals surface area contributed by atoms with Gasteiger partial charge in [0.1, 0.15) is 18.1 Å². The zero-order valence-corrected chi connectivity index (χ0v) is 15.9. The number of hydrogen-bond acceptors (Lipinski definition) is 5. The molecule has 0 fully saturated rings. The lowest BCUT2D eigenvalue weighted by Gasteiger charge is -2.17. The van der Waals surface area contributed by atoms with E-state index in [9.17, 15) is 14.9 Å². The number of hydrogen-bond donors (Lipinski definition) is 0. The molecule has 0 atom stereocenters. The highest BCUT2D eigenvalue weighted by Crippen LogP contribution is 2.28. The molecule has 0 amide bonds. The summed E-state index contributed by atoms with van der Waals surface area (Å²) >= 11 is 0. The van der Waals surface area contributed by atoms with E-state index in [1.165, 1.54) is 17.1 Å². The van der Waals surface area contributed by atoms with Crippen LogP contribution in [0.15, 0.2) is 60.4 Å². The minimum absolute atomic E-state index is 0.0614. The molecule has 0 radical (unpaired) electrons. The summed E-state index contributed by atoms with van der Waals surface area (Å²) < 4.78 is 6.92. The first-order chi connectivity index (χ1) is 14.0. The smallest absolute Gasteiger partial charge is 0.307 e. The summed E-state index contributed by atoms with van der Waals surface area (Å²) in [7, 11) is 1.57. The van der Waals surface area contributed by atoms with Gasteiger partial charge in [-0.25, -0.2) is 0 Å². The predicted octanol–water partition coefficient (Wildman–Crippen LogP) is 4.06. The van der Waals surface area contributed by atoms with E-state index >= 15 is 0 Å². The van der Waals surface area contributed by atoms with E-state index in [1.54, 1.807) is 7.11 Å². The van der Waals surface area contributed by atoms with Crippen molar-refractivity contribution in [2.75, 3.05) is 7.11 Å². The van der Waals surface area contributed by atoms with E-state index < -0.39 is 4.92 Å². The Bertz CT molecular complexity index is 1130. The van der Waals surface area contributed by atoms with Gasteiger partial charge < -0.3 is 4.74 Å². The molecule has 2 aromatic carbocycles. The SMILES string of the molecule is COc1ccc(C=C2CCc3ccccc3C2=O)cc1Cn1cc([N+](=O)[O-])cn1. The molecular formula is C22H19N3O4. The molecule has 0 unspecified atom stereocenters. The highest BCUT2D eigenvalue weighted by atomic mass is 16.6. The Kier molecular flexibility index (Phi) is 4.95. The van der Waals surface area contributed by atoms with E-state index in [-0.39, 0.29) is 11.5 Å². The molecule has 0 saturated heterocycles. The fourth-order valence-electron chi connectivity index (χ4n) is 3.57. The Hall–Kier alpha value is -3.74. The minimum Gasteiger partial charge on any atom is -0.496 e. The van der Waals surface area contributed by atoms with E-state index in [4.69, 9.17) is 4.74 Å². The average Bonchev–Trinajstić information content (AvgIpc) is 3.19. The fraction of sp³-hybridized carbons (Fsp3) is 0.182. The zero-order chi connectivity index (χ0) is 20.4. The molecule has 0 bridgehead atoms. The topological polar surface area (TPSA) is 87.3 Å². The molecule has 1 heterocycles. The number of Topliss-reactive ketones (excluding diaryl/α,β-unsaturated/α-hetero) is 1. The summed E-state index contributed by atoms with van der Waals surface area (Å²) in [4.78, 5) is 23.2. The quantitative estimate of drug-likeness (QED) is 0.373. The second-order valence-electron chi connectivity index (χ2n) is 6.88. The van der Waals surface area contributed by atoms with Gasteiger partial charge in [-0.2, -0.15) is 5.10 Å².